The fourth-order valence-electron chi connectivity index (χ4n) is 3.70. The van der Waals surface area contributed by atoms with E-state index < -0.39 is 0 Å². The van der Waals surface area contributed by atoms with Crippen LogP contribution in [0.4, 0.5) is 0 Å². The summed E-state index contributed by atoms with van der Waals surface area (Å²) in [6, 6.07) is 11.2. The molecular formula is C27H30O2S. The van der Waals surface area contributed by atoms with Gasteiger partial charge < -0.3 is 4.74 Å². The molecule has 0 fully saturated rings. The van der Waals surface area contributed by atoms with Crippen molar-refractivity contribution < 1.29 is 9.53 Å². The van der Waals surface area contributed by atoms with Gasteiger partial charge in [-0.1, -0.05) is 56.4 Å². The summed E-state index contributed by atoms with van der Waals surface area (Å²) < 4.78 is 4.95. The Balaban J connectivity index is 1.89. The van der Waals surface area contributed by atoms with E-state index in [4.69, 9.17) is 4.74 Å². The zero-order valence-electron chi connectivity index (χ0n) is 18.5. The number of allylic oxidation sites excluding steroid dienone is 6. The molecule has 0 radical (unpaired) electrons. The zero-order chi connectivity index (χ0) is 21.7. The lowest BCUT2D eigenvalue weighted by Crippen LogP contribution is -2.21. The predicted molar refractivity (Wildman–Crippen MR) is 129 cm³/mol. The minimum atomic E-state index is -0.300. The van der Waals surface area contributed by atoms with E-state index in [1.165, 1.54) is 38.8 Å². The molecule has 0 spiro atoms. The molecule has 0 saturated heterocycles. The second kappa shape index (κ2) is 9.44. The zero-order valence-corrected chi connectivity index (χ0v) is 19.3. The number of esters is 1. The molecule has 3 rings (SSSR count). The van der Waals surface area contributed by atoms with Crippen molar-refractivity contribution in [2.45, 2.75) is 46.5 Å². The summed E-state index contributed by atoms with van der Waals surface area (Å²) in [7, 11) is 0. The average molecular weight is 419 g/mol. The molecule has 30 heavy (non-hydrogen) atoms. The van der Waals surface area contributed by atoms with E-state index in [9.17, 15) is 4.79 Å². The Morgan fingerprint density at radius 1 is 1.23 bits per heavy atom. The molecule has 0 amide bonds. The van der Waals surface area contributed by atoms with Crippen LogP contribution in [0.3, 0.4) is 0 Å². The number of fused-ring (bicyclic) bond motifs is 1. The van der Waals surface area contributed by atoms with Crippen LogP contribution in [-0.4, -0.2) is 12.6 Å². The van der Waals surface area contributed by atoms with Crippen molar-refractivity contribution in [2.24, 2.45) is 0 Å². The highest BCUT2D eigenvalue weighted by Crippen LogP contribution is 2.43. The molecule has 1 aromatic carbocycles. The van der Waals surface area contributed by atoms with Crippen molar-refractivity contribution >= 4 is 28.5 Å². The molecule has 1 heterocycles. The molecule has 1 aliphatic rings. The van der Waals surface area contributed by atoms with Gasteiger partial charge in [0.1, 0.15) is 0 Å². The Bertz CT molecular complexity index is 1030. The Kier molecular flexibility index (Phi) is 6.94. The molecule has 0 unspecified atom stereocenters. The van der Waals surface area contributed by atoms with Crippen LogP contribution in [0, 0.1) is 0 Å². The summed E-state index contributed by atoms with van der Waals surface area (Å²) in [6.45, 7) is 10.9. The van der Waals surface area contributed by atoms with E-state index in [1.807, 2.05) is 26.0 Å². The first kappa shape index (κ1) is 22.0. The maximum absolute atomic E-state index is 11.5. The molecule has 156 valence electrons. The molecular weight excluding hydrogens is 388 g/mol. The molecule has 2 aromatic rings. The van der Waals surface area contributed by atoms with Gasteiger partial charge in [0.25, 0.3) is 0 Å². The van der Waals surface area contributed by atoms with Crippen LogP contribution in [0.2, 0.25) is 0 Å². The van der Waals surface area contributed by atoms with Crippen LogP contribution in [0.15, 0.2) is 71.7 Å². The van der Waals surface area contributed by atoms with Crippen molar-refractivity contribution in [3.05, 3.63) is 93.2 Å². The Morgan fingerprint density at radius 2 is 2.03 bits per heavy atom. The minimum absolute atomic E-state index is 0.140. The molecule has 0 atom stereocenters. The normalized spacial score (nSPS) is 16.4. The lowest BCUT2D eigenvalue weighted by Gasteiger charge is -2.32. The minimum Gasteiger partial charge on any atom is -0.463 e. The van der Waals surface area contributed by atoms with Gasteiger partial charge in [0, 0.05) is 11.0 Å². The standard InChI is InChI=1S/C27H30O2S/c1-6-29-26(28)17-19(2)9-7-10-20(3)21-12-13-24-23(18-21)22(14-15-27(24,4)5)25-11-8-16-30-25/h7-14,16-18H,6,15H2,1-5H3. The predicted octanol–water partition coefficient (Wildman–Crippen LogP) is 7.33. The molecule has 1 aromatic heterocycles. The highest BCUT2D eigenvalue weighted by atomic mass is 32.1. The molecule has 0 aliphatic heterocycles. The summed E-state index contributed by atoms with van der Waals surface area (Å²) in [5.41, 5.74) is 7.50. The van der Waals surface area contributed by atoms with Gasteiger partial charge in [-0.25, -0.2) is 4.79 Å². The molecule has 0 N–H and O–H groups in total. The van der Waals surface area contributed by atoms with Gasteiger partial charge >= 0.3 is 5.97 Å². The second-order valence-corrected chi connectivity index (χ2v) is 9.24. The fourth-order valence-corrected chi connectivity index (χ4v) is 4.48. The van der Waals surface area contributed by atoms with Crippen LogP contribution in [0.25, 0.3) is 11.1 Å². The number of hydrogen-bond acceptors (Lipinski definition) is 3. The third kappa shape index (κ3) is 5.09. The molecule has 2 nitrogen and oxygen atoms in total. The number of carbonyl (C=O) groups is 1. The average Bonchev–Trinajstić information content (AvgIpc) is 3.22. The lowest BCUT2D eigenvalue weighted by molar-refractivity contribution is -0.137. The number of hydrogen-bond donors (Lipinski definition) is 0. The highest BCUT2D eigenvalue weighted by Gasteiger charge is 2.29. The molecule has 0 bridgehead atoms. The van der Waals surface area contributed by atoms with Crippen LogP contribution in [-0.2, 0) is 14.9 Å². The van der Waals surface area contributed by atoms with Crippen molar-refractivity contribution in [1.29, 1.82) is 0 Å². The van der Waals surface area contributed by atoms with Crippen LogP contribution < -0.4 is 0 Å². The monoisotopic (exact) mass is 418 g/mol. The largest absolute Gasteiger partial charge is 0.463 e. The number of rotatable bonds is 6. The summed E-state index contributed by atoms with van der Waals surface area (Å²) >= 11 is 1.79. The topological polar surface area (TPSA) is 26.3 Å². The van der Waals surface area contributed by atoms with Crippen molar-refractivity contribution in [1.82, 2.24) is 0 Å². The summed E-state index contributed by atoms with van der Waals surface area (Å²) in [5, 5.41) is 2.14. The highest BCUT2D eigenvalue weighted by molar-refractivity contribution is 7.11. The van der Waals surface area contributed by atoms with Gasteiger partial charge in [0.15, 0.2) is 0 Å². The van der Waals surface area contributed by atoms with E-state index in [1.54, 1.807) is 11.3 Å². The second-order valence-electron chi connectivity index (χ2n) is 8.29. The van der Waals surface area contributed by atoms with E-state index in [2.05, 4.69) is 68.6 Å². The van der Waals surface area contributed by atoms with Gasteiger partial charge in [-0.2, -0.15) is 0 Å². The molecule has 3 heteroatoms. The molecule has 1 aliphatic carbocycles. The van der Waals surface area contributed by atoms with Crippen molar-refractivity contribution in [3.8, 4) is 0 Å². The van der Waals surface area contributed by atoms with Crippen molar-refractivity contribution in [3.63, 3.8) is 0 Å². The number of ether oxygens (including phenoxy) is 1. The van der Waals surface area contributed by atoms with Crippen molar-refractivity contribution in [2.75, 3.05) is 6.61 Å². The first-order valence-corrected chi connectivity index (χ1v) is 11.3. The maximum Gasteiger partial charge on any atom is 0.330 e. The Hall–Kier alpha value is -2.65. The van der Waals surface area contributed by atoms with Gasteiger partial charge in [0.2, 0.25) is 0 Å². The quantitative estimate of drug-likeness (QED) is 0.279. The van der Waals surface area contributed by atoms with Gasteiger partial charge in [-0.3, -0.25) is 0 Å². The summed E-state index contributed by atoms with van der Waals surface area (Å²) in [6.07, 6.45) is 11.0. The third-order valence-electron chi connectivity index (χ3n) is 5.43. The van der Waals surface area contributed by atoms with E-state index in [0.29, 0.717) is 6.61 Å². The lowest BCUT2D eigenvalue weighted by atomic mass is 9.72. The number of thiophene rings is 1. The number of benzene rings is 1. The molecule has 0 saturated carbocycles. The van der Waals surface area contributed by atoms with E-state index >= 15 is 0 Å². The third-order valence-corrected chi connectivity index (χ3v) is 6.34. The van der Waals surface area contributed by atoms with E-state index in [-0.39, 0.29) is 11.4 Å². The number of carbonyl (C=O) groups excluding carboxylic acids is 1. The maximum atomic E-state index is 11.5. The Labute approximate surface area is 184 Å². The van der Waals surface area contributed by atoms with Gasteiger partial charge in [-0.05, 0) is 83.5 Å². The fraction of sp³-hybridized carbons (Fsp3) is 0.296. The first-order valence-electron chi connectivity index (χ1n) is 10.4. The smallest absolute Gasteiger partial charge is 0.330 e. The van der Waals surface area contributed by atoms with Crippen LogP contribution >= 0.6 is 11.3 Å². The van der Waals surface area contributed by atoms with Gasteiger partial charge in [0.05, 0.1) is 6.61 Å². The summed E-state index contributed by atoms with van der Waals surface area (Å²) in [4.78, 5) is 12.9. The first-order chi connectivity index (χ1) is 14.3. The Morgan fingerprint density at radius 3 is 2.73 bits per heavy atom. The van der Waals surface area contributed by atoms with Gasteiger partial charge in [-0.15, -0.1) is 11.3 Å². The van der Waals surface area contributed by atoms with Crippen LogP contribution in [0.1, 0.15) is 62.6 Å². The summed E-state index contributed by atoms with van der Waals surface area (Å²) in [5.74, 6) is -0.300. The van der Waals surface area contributed by atoms with E-state index in [0.717, 1.165) is 12.0 Å². The SMILES string of the molecule is CCOC(=O)C=C(C)C=CC=C(C)c1ccc2c(c1)C(c1cccs1)=CCC2(C)C. The van der Waals surface area contributed by atoms with Crippen LogP contribution in [0.5, 0.6) is 0 Å².